The molecule has 3 aromatic rings. The first-order valence-electron chi connectivity index (χ1n) is 7.70. The molecule has 1 aromatic heterocycles. The molecule has 0 fully saturated rings. The van der Waals surface area contributed by atoms with Gasteiger partial charge in [-0.25, -0.2) is 0 Å². The van der Waals surface area contributed by atoms with Gasteiger partial charge in [-0.1, -0.05) is 35.3 Å². The van der Waals surface area contributed by atoms with Gasteiger partial charge in [0.25, 0.3) is 5.95 Å². The predicted octanol–water partition coefficient (Wildman–Crippen LogP) is 5.82. The number of methoxy groups -OCH3 is 1. The average molecular weight is 388 g/mol. The summed E-state index contributed by atoms with van der Waals surface area (Å²) in [5, 5.41) is 12.2. The summed E-state index contributed by atoms with van der Waals surface area (Å²) in [5.41, 5.74) is 1.82. The molecule has 26 heavy (non-hydrogen) atoms. The number of ether oxygens (including phenoxy) is 1. The summed E-state index contributed by atoms with van der Waals surface area (Å²) < 4.78 is 5.12. The summed E-state index contributed by atoms with van der Waals surface area (Å²) in [6.07, 6.45) is 0. The zero-order valence-corrected chi connectivity index (χ0v) is 15.4. The van der Waals surface area contributed by atoms with Crippen molar-refractivity contribution in [3.8, 4) is 5.75 Å². The maximum atomic E-state index is 6.04. The molecule has 132 valence electrons. The number of azo groups is 1. The Morgan fingerprint density at radius 2 is 1.73 bits per heavy atom. The summed E-state index contributed by atoms with van der Waals surface area (Å²) in [4.78, 5) is 8.35. The second-order valence-corrected chi connectivity index (χ2v) is 6.08. The number of nitrogens with one attached hydrogen (secondary N) is 1. The molecule has 0 amide bonds. The molecule has 0 saturated carbocycles. The van der Waals surface area contributed by atoms with Crippen molar-refractivity contribution < 1.29 is 4.74 Å². The minimum Gasteiger partial charge on any atom is -0.497 e. The van der Waals surface area contributed by atoms with Crippen molar-refractivity contribution in [2.75, 3.05) is 12.4 Å². The molecular formula is C18H15Cl2N5O. The van der Waals surface area contributed by atoms with Gasteiger partial charge in [0.1, 0.15) is 16.7 Å². The monoisotopic (exact) mass is 387 g/mol. The number of anilines is 2. The highest BCUT2D eigenvalue weighted by Crippen LogP contribution is 2.22. The minimum atomic E-state index is 0.183. The molecule has 0 aliphatic rings. The standard InChI is InChI=1S/C18H15Cl2N5O/c1-26-15-8-2-12(3-9-15)11-21-25-18-23-16(20)10-17(24-18)22-14-6-4-13(19)5-7-14/h2-10H,11H2,1H3,(H,22,23,24). The lowest BCUT2D eigenvalue weighted by atomic mass is 10.2. The number of aromatic nitrogens is 2. The molecule has 0 saturated heterocycles. The van der Waals surface area contributed by atoms with E-state index in [1.165, 1.54) is 0 Å². The van der Waals surface area contributed by atoms with Crippen LogP contribution in [0.5, 0.6) is 5.75 Å². The van der Waals surface area contributed by atoms with Crippen molar-refractivity contribution in [2.24, 2.45) is 10.2 Å². The molecular weight excluding hydrogens is 373 g/mol. The summed E-state index contributed by atoms with van der Waals surface area (Å²) in [7, 11) is 1.63. The van der Waals surface area contributed by atoms with Gasteiger partial charge >= 0.3 is 0 Å². The third-order valence-corrected chi connectivity index (χ3v) is 3.82. The van der Waals surface area contributed by atoms with Crippen molar-refractivity contribution >= 4 is 40.7 Å². The molecule has 6 nitrogen and oxygen atoms in total. The van der Waals surface area contributed by atoms with E-state index in [1.54, 1.807) is 25.3 Å². The Hall–Kier alpha value is -2.70. The maximum Gasteiger partial charge on any atom is 0.271 e. The van der Waals surface area contributed by atoms with Crippen LogP contribution in [0.3, 0.4) is 0 Å². The third kappa shape index (κ3) is 5.15. The van der Waals surface area contributed by atoms with Gasteiger partial charge in [0.05, 0.1) is 13.7 Å². The number of benzene rings is 2. The van der Waals surface area contributed by atoms with Gasteiger partial charge in [-0.15, -0.1) is 5.11 Å². The lowest BCUT2D eigenvalue weighted by molar-refractivity contribution is 0.414. The van der Waals surface area contributed by atoms with E-state index < -0.39 is 0 Å². The Balaban J connectivity index is 1.69. The summed E-state index contributed by atoms with van der Waals surface area (Å²) in [6.45, 7) is 0.403. The summed E-state index contributed by atoms with van der Waals surface area (Å²) in [5.74, 6) is 1.50. The van der Waals surface area contributed by atoms with Crippen LogP contribution in [0.2, 0.25) is 10.2 Å². The molecule has 2 aromatic carbocycles. The van der Waals surface area contributed by atoms with Gasteiger partial charge < -0.3 is 10.1 Å². The third-order valence-electron chi connectivity index (χ3n) is 3.37. The highest BCUT2D eigenvalue weighted by molar-refractivity contribution is 6.30. The van der Waals surface area contributed by atoms with Crippen LogP contribution in [-0.2, 0) is 6.54 Å². The van der Waals surface area contributed by atoms with E-state index in [0.717, 1.165) is 17.0 Å². The van der Waals surface area contributed by atoms with Crippen molar-refractivity contribution in [3.63, 3.8) is 0 Å². The smallest absolute Gasteiger partial charge is 0.271 e. The van der Waals surface area contributed by atoms with Crippen LogP contribution in [-0.4, -0.2) is 17.1 Å². The van der Waals surface area contributed by atoms with Crippen LogP contribution >= 0.6 is 23.2 Å². The lowest BCUT2D eigenvalue weighted by Gasteiger charge is -2.06. The zero-order chi connectivity index (χ0) is 18.4. The van der Waals surface area contributed by atoms with Crippen LogP contribution in [0.15, 0.2) is 64.8 Å². The largest absolute Gasteiger partial charge is 0.497 e. The fourth-order valence-corrected chi connectivity index (χ4v) is 2.41. The van der Waals surface area contributed by atoms with Crippen molar-refractivity contribution in [2.45, 2.75) is 6.54 Å². The van der Waals surface area contributed by atoms with E-state index in [2.05, 4.69) is 25.5 Å². The zero-order valence-electron chi connectivity index (χ0n) is 13.9. The van der Waals surface area contributed by atoms with Gasteiger partial charge in [-0.05, 0) is 42.0 Å². The number of hydrogen-bond donors (Lipinski definition) is 1. The Morgan fingerprint density at radius 1 is 1.00 bits per heavy atom. The van der Waals surface area contributed by atoms with Gasteiger partial charge in [0.2, 0.25) is 0 Å². The number of hydrogen-bond acceptors (Lipinski definition) is 6. The van der Waals surface area contributed by atoms with E-state index in [4.69, 9.17) is 27.9 Å². The predicted molar refractivity (Wildman–Crippen MR) is 103 cm³/mol. The number of rotatable bonds is 6. The van der Waals surface area contributed by atoms with E-state index in [-0.39, 0.29) is 11.1 Å². The summed E-state index contributed by atoms with van der Waals surface area (Å²) >= 11 is 11.9. The highest BCUT2D eigenvalue weighted by atomic mass is 35.5. The normalized spacial score (nSPS) is 10.9. The molecule has 0 radical (unpaired) electrons. The van der Waals surface area contributed by atoms with E-state index in [9.17, 15) is 0 Å². The fraction of sp³-hybridized carbons (Fsp3) is 0.111. The second-order valence-electron chi connectivity index (χ2n) is 5.26. The van der Waals surface area contributed by atoms with Crippen LogP contribution in [0, 0.1) is 0 Å². The first-order chi connectivity index (χ1) is 12.6. The fourth-order valence-electron chi connectivity index (χ4n) is 2.11. The molecule has 0 aliphatic carbocycles. The minimum absolute atomic E-state index is 0.183. The SMILES string of the molecule is COc1ccc(CN=Nc2nc(Cl)cc(Nc3ccc(Cl)cc3)n2)cc1. The first-order valence-corrected chi connectivity index (χ1v) is 8.45. The molecule has 0 unspecified atom stereocenters. The van der Waals surface area contributed by atoms with Crippen LogP contribution < -0.4 is 10.1 Å². The van der Waals surface area contributed by atoms with E-state index >= 15 is 0 Å². The van der Waals surface area contributed by atoms with Crippen LogP contribution in [0.4, 0.5) is 17.5 Å². The Morgan fingerprint density at radius 3 is 2.42 bits per heavy atom. The Kier molecular flexibility index (Phi) is 5.99. The van der Waals surface area contributed by atoms with Crippen LogP contribution in [0.1, 0.15) is 5.56 Å². The topological polar surface area (TPSA) is 71.8 Å². The van der Waals surface area contributed by atoms with Crippen molar-refractivity contribution in [1.29, 1.82) is 0 Å². The number of nitrogens with zero attached hydrogens (tertiary/aromatic N) is 4. The van der Waals surface area contributed by atoms with E-state index in [1.807, 2.05) is 36.4 Å². The number of halogens is 2. The molecule has 1 heterocycles. The van der Waals surface area contributed by atoms with E-state index in [0.29, 0.717) is 17.4 Å². The first kappa shape index (κ1) is 18.1. The van der Waals surface area contributed by atoms with Crippen LogP contribution in [0.25, 0.3) is 0 Å². The van der Waals surface area contributed by atoms with Crippen molar-refractivity contribution in [1.82, 2.24) is 9.97 Å². The quantitative estimate of drug-likeness (QED) is 0.427. The van der Waals surface area contributed by atoms with Gasteiger partial charge in [0.15, 0.2) is 0 Å². The average Bonchev–Trinajstić information content (AvgIpc) is 2.64. The molecule has 0 bridgehead atoms. The molecule has 0 spiro atoms. The van der Waals surface area contributed by atoms with Crippen molar-refractivity contribution in [3.05, 3.63) is 70.3 Å². The lowest BCUT2D eigenvalue weighted by Crippen LogP contribution is -1.95. The Labute approximate surface area is 160 Å². The maximum absolute atomic E-state index is 6.04. The molecule has 3 rings (SSSR count). The highest BCUT2D eigenvalue weighted by Gasteiger charge is 2.04. The molecule has 0 aliphatic heterocycles. The molecule has 1 N–H and O–H groups in total. The van der Waals surface area contributed by atoms with Gasteiger partial charge in [-0.2, -0.15) is 15.1 Å². The summed E-state index contributed by atoms with van der Waals surface area (Å²) in [6, 6.07) is 16.4. The molecule has 0 atom stereocenters. The Bertz CT molecular complexity index is 898. The molecule has 8 heteroatoms. The van der Waals surface area contributed by atoms with Gasteiger partial charge in [-0.3, -0.25) is 0 Å². The van der Waals surface area contributed by atoms with Gasteiger partial charge in [0, 0.05) is 16.8 Å². The second kappa shape index (κ2) is 8.60.